The van der Waals surface area contributed by atoms with Gasteiger partial charge in [-0.15, -0.1) is 0 Å². The van der Waals surface area contributed by atoms with E-state index in [1.165, 1.54) is 12.8 Å². The molecule has 1 aliphatic rings. The van der Waals surface area contributed by atoms with E-state index < -0.39 is 0 Å². The van der Waals surface area contributed by atoms with Gasteiger partial charge >= 0.3 is 0 Å². The molecule has 24 heavy (non-hydrogen) atoms. The number of carbonyl (C=O) groups excluding carboxylic acids is 1. The lowest BCUT2D eigenvalue weighted by molar-refractivity contribution is 0.0735. The van der Waals surface area contributed by atoms with Crippen molar-refractivity contribution in [2.45, 2.75) is 32.4 Å². The Labute approximate surface area is 143 Å². The molecule has 126 valence electrons. The van der Waals surface area contributed by atoms with Crippen molar-refractivity contribution in [1.29, 1.82) is 0 Å². The third kappa shape index (κ3) is 3.37. The monoisotopic (exact) mass is 324 g/mol. The van der Waals surface area contributed by atoms with E-state index in [9.17, 15) is 4.79 Å². The molecule has 1 unspecified atom stereocenters. The Balaban J connectivity index is 1.78. The standard InChI is InChI=1S/C20H24N2O2/c1-3-4-7-13-24-16-10-8-9-15(14-16)19-21-18-12-6-5-11-17(18)20(23)22(19)2/h5-6,8-12,14,19,21H,3-4,7,13H2,1-2H3. The highest BCUT2D eigenvalue weighted by atomic mass is 16.5. The van der Waals surface area contributed by atoms with Crippen molar-refractivity contribution >= 4 is 11.6 Å². The molecular formula is C20H24N2O2. The minimum atomic E-state index is -0.188. The smallest absolute Gasteiger partial charge is 0.257 e. The number of hydrogen-bond donors (Lipinski definition) is 1. The van der Waals surface area contributed by atoms with Crippen LogP contribution >= 0.6 is 0 Å². The molecular weight excluding hydrogens is 300 g/mol. The van der Waals surface area contributed by atoms with E-state index in [0.717, 1.165) is 30.0 Å². The number of anilines is 1. The predicted molar refractivity (Wildman–Crippen MR) is 96.4 cm³/mol. The van der Waals surface area contributed by atoms with Gasteiger partial charge in [-0.25, -0.2) is 0 Å². The van der Waals surface area contributed by atoms with Crippen LogP contribution in [-0.2, 0) is 0 Å². The third-order valence-corrected chi connectivity index (χ3v) is 4.35. The van der Waals surface area contributed by atoms with Gasteiger partial charge in [-0.05, 0) is 36.2 Å². The highest BCUT2D eigenvalue weighted by molar-refractivity contribution is 6.01. The van der Waals surface area contributed by atoms with Gasteiger partial charge in [0, 0.05) is 12.7 Å². The summed E-state index contributed by atoms with van der Waals surface area (Å²) in [5.41, 5.74) is 2.61. The fraction of sp³-hybridized carbons (Fsp3) is 0.350. The number of nitrogens with zero attached hydrogens (tertiary/aromatic N) is 1. The van der Waals surface area contributed by atoms with E-state index in [-0.39, 0.29) is 12.1 Å². The Hall–Kier alpha value is -2.49. The van der Waals surface area contributed by atoms with Gasteiger partial charge in [0.2, 0.25) is 0 Å². The van der Waals surface area contributed by atoms with E-state index >= 15 is 0 Å². The SMILES string of the molecule is CCCCCOc1cccc(C2Nc3ccccc3C(=O)N2C)c1. The van der Waals surface area contributed by atoms with Crippen LogP contribution in [-0.4, -0.2) is 24.5 Å². The summed E-state index contributed by atoms with van der Waals surface area (Å²) in [7, 11) is 1.82. The molecule has 3 rings (SSSR count). The van der Waals surface area contributed by atoms with Gasteiger partial charge in [-0.3, -0.25) is 4.79 Å². The van der Waals surface area contributed by atoms with Gasteiger partial charge in [0.25, 0.3) is 5.91 Å². The molecule has 0 aromatic heterocycles. The quantitative estimate of drug-likeness (QED) is 0.798. The van der Waals surface area contributed by atoms with Crippen molar-refractivity contribution in [2.75, 3.05) is 19.0 Å². The Morgan fingerprint density at radius 2 is 1.96 bits per heavy atom. The molecule has 2 aromatic carbocycles. The second kappa shape index (κ2) is 7.39. The van der Waals surface area contributed by atoms with Crippen LogP contribution in [0.2, 0.25) is 0 Å². The number of rotatable bonds is 6. The van der Waals surface area contributed by atoms with Crippen LogP contribution in [0.1, 0.15) is 48.3 Å². The lowest BCUT2D eigenvalue weighted by Crippen LogP contribution is -2.40. The van der Waals surface area contributed by atoms with E-state index in [1.54, 1.807) is 4.90 Å². The van der Waals surface area contributed by atoms with Gasteiger partial charge in [0.15, 0.2) is 0 Å². The van der Waals surface area contributed by atoms with Crippen molar-refractivity contribution < 1.29 is 9.53 Å². The molecule has 4 nitrogen and oxygen atoms in total. The first-order valence-corrected chi connectivity index (χ1v) is 8.56. The predicted octanol–water partition coefficient (Wildman–Crippen LogP) is 4.45. The molecule has 0 bridgehead atoms. The molecule has 4 heteroatoms. The average molecular weight is 324 g/mol. The van der Waals surface area contributed by atoms with Gasteiger partial charge in [0.05, 0.1) is 12.2 Å². The molecule has 0 fully saturated rings. The molecule has 0 spiro atoms. The maximum absolute atomic E-state index is 12.6. The topological polar surface area (TPSA) is 41.6 Å². The van der Waals surface area contributed by atoms with Crippen LogP contribution in [0, 0.1) is 0 Å². The molecule has 1 N–H and O–H groups in total. The number of carbonyl (C=O) groups is 1. The Morgan fingerprint density at radius 3 is 2.79 bits per heavy atom. The normalized spacial score (nSPS) is 16.5. The van der Waals surface area contributed by atoms with Crippen molar-refractivity contribution in [3.8, 4) is 5.75 Å². The number of unbranched alkanes of at least 4 members (excludes halogenated alkanes) is 2. The molecule has 0 saturated carbocycles. The van der Waals surface area contributed by atoms with Crippen molar-refractivity contribution in [1.82, 2.24) is 4.90 Å². The summed E-state index contributed by atoms with van der Waals surface area (Å²) in [5.74, 6) is 0.883. The van der Waals surface area contributed by atoms with E-state index in [1.807, 2.05) is 55.6 Å². The van der Waals surface area contributed by atoms with Gasteiger partial charge < -0.3 is 15.0 Å². The molecule has 0 aliphatic carbocycles. The highest BCUT2D eigenvalue weighted by Gasteiger charge is 2.29. The maximum Gasteiger partial charge on any atom is 0.257 e. The zero-order valence-electron chi connectivity index (χ0n) is 14.3. The van der Waals surface area contributed by atoms with E-state index in [0.29, 0.717) is 5.56 Å². The molecule has 2 aromatic rings. The van der Waals surface area contributed by atoms with Crippen molar-refractivity contribution in [3.05, 3.63) is 59.7 Å². The number of hydrogen-bond acceptors (Lipinski definition) is 3. The molecule has 1 aliphatic heterocycles. The van der Waals surface area contributed by atoms with Crippen LogP contribution in [0.5, 0.6) is 5.75 Å². The highest BCUT2D eigenvalue weighted by Crippen LogP contribution is 2.32. The van der Waals surface area contributed by atoms with Gasteiger partial charge in [-0.2, -0.15) is 0 Å². The fourth-order valence-corrected chi connectivity index (χ4v) is 2.97. The van der Waals surface area contributed by atoms with Crippen LogP contribution in [0.25, 0.3) is 0 Å². The average Bonchev–Trinajstić information content (AvgIpc) is 2.62. The van der Waals surface area contributed by atoms with Crippen molar-refractivity contribution in [3.63, 3.8) is 0 Å². The van der Waals surface area contributed by atoms with Gasteiger partial charge in [-0.1, -0.05) is 44.0 Å². The molecule has 1 heterocycles. The zero-order valence-corrected chi connectivity index (χ0v) is 14.3. The Bertz CT molecular complexity index is 714. The minimum absolute atomic E-state index is 0.0311. The summed E-state index contributed by atoms with van der Waals surface area (Å²) in [6.45, 7) is 2.91. The zero-order chi connectivity index (χ0) is 16.9. The summed E-state index contributed by atoms with van der Waals surface area (Å²) >= 11 is 0. The molecule has 0 saturated heterocycles. The van der Waals surface area contributed by atoms with E-state index in [2.05, 4.69) is 12.2 Å². The number of ether oxygens (including phenoxy) is 1. The number of para-hydroxylation sites is 1. The Kier molecular flexibility index (Phi) is 5.04. The first kappa shape index (κ1) is 16.4. The largest absolute Gasteiger partial charge is 0.494 e. The molecule has 0 radical (unpaired) electrons. The third-order valence-electron chi connectivity index (χ3n) is 4.35. The van der Waals surface area contributed by atoms with E-state index in [4.69, 9.17) is 4.74 Å². The number of nitrogens with one attached hydrogen (secondary N) is 1. The summed E-state index contributed by atoms with van der Waals surface area (Å²) < 4.78 is 5.84. The maximum atomic E-state index is 12.6. The number of benzene rings is 2. The summed E-state index contributed by atoms with van der Waals surface area (Å²) in [4.78, 5) is 14.3. The number of fused-ring (bicyclic) bond motifs is 1. The fourth-order valence-electron chi connectivity index (χ4n) is 2.97. The van der Waals surface area contributed by atoms with Crippen LogP contribution in [0.3, 0.4) is 0 Å². The molecule has 1 atom stereocenters. The van der Waals surface area contributed by atoms with Gasteiger partial charge in [0.1, 0.15) is 11.9 Å². The van der Waals surface area contributed by atoms with Crippen molar-refractivity contribution in [2.24, 2.45) is 0 Å². The first-order valence-electron chi connectivity index (χ1n) is 8.56. The second-order valence-corrected chi connectivity index (χ2v) is 6.14. The number of amides is 1. The van der Waals surface area contributed by atoms with Crippen LogP contribution < -0.4 is 10.1 Å². The second-order valence-electron chi connectivity index (χ2n) is 6.14. The summed E-state index contributed by atoms with van der Waals surface area (Å²) in [6, 6.07) is 15.6. The summed E-state index contributed by atoms with van der Waals surface area (Å²) in [6.07, 6.45) is 3.24. The van der Waals surface area contributed by atoms with Crippen LogP contribution in [0.4, 0.5) is 5.69 Å². The Morgan fingerprint density at radius 1 is 1.12 bits per heavy atom. The first-order chi connectivity index (χ1) is 11.7. The summed E-state index contributed by atoms with van der Waals surface area (Å²) in [5, 5.41) is 3.45. The molecule has 1 amide bonds. The minimum Gasteiger partial charge on any atom is -0.494 e. The lowest BCUT2D eigenvalue weighted by Gasteiger charge is -2.35. The van der Waals surface area contributed by atoms with Crippen LogP contribution in [0.15, 0.2) is 48.5 Å². The lowest BCUT2D eigenvalue weighted by atomic mass is 10.0.